The topological polar surface area (TPSA) is 47.9 Å². The quantitative estimate of drug-likeness (QED) is 0.613. The minimum absolute atomic E-state index is 0.0613. The molecule has 1 N–H and O–H groups in total. The number of para-hydroxylation sites is 1. The summed E-state index contributed by atoms with van der Waals surface area (Å²) in [5.41, 5.74) is 5.62. The van der Waals surface area contributed by atoms with Gasteiger partial charge >= 0.3 is 0 Å². The first-order valence-electron chi connectivity index (χ1n) is 9.23. The number of nitrogens with zero attached hydrogens (tertiary/aromatic N) is 3. The lowest BCUT2D eigenvalue weighted by molar-refractivity contribution is -0.121. The molecular formula is C21H25ClN4O. The summed E-state index contributed by atoms with van der Waals surface area (Å²) < 4.78 is 0. The third-order valence-electron chi connectivity index (χ3n) is 4.76. The van der Waals surface area contributed by atoms with Gasteiger partial charge in [-0.05, 0) is 36.8 Å². The zero-order chi connectivity index (χ0) is 19.1. The van der Waals surface area contributed by atoms with Gasteiger partial charge in [0.05, 0.1) is 5.71 Å². The molecule has 0 spiro atoms. The molecular weight excluding hydrogens is 360 g/mol. The van der Waals surface area contributed by atoms with Crippen LogP contribution in [0.5, 0.6) is 0 Å². The number of carbonyl (C=O) groups is 1. The summed E-state index contributed by atoms with van der Waals surface area (Å²) in [6.45, 7) is 6.53. The molecule has 0 radical (unpaired) electrons. The van der Waals surface area contributed by atoms with Gasteiger partial charge in [-0.2, -0.15) is 5.10 Å². The van der Waals surface area contributed by atoms with Gasteiger partial charge in [-0.25, -0.2) is 5.43 Å². The zero-order valence-electron chi connectivity index (χ0n) is 15.6. The third kappa shape index (κ3) is 5.81. The molecule has 0 aliphatic carbocycles. The van der Waals surface area contributed by atoms with Gasteiger partial charge in [-0.3, -0.25) is 9.69 Å². The SMILES string of the molecule is C/C(=N\NC(=O)CCN1CCN(c2ccccc2)CC1)c1ccc(Cl)cc1. The van der Waals surface area contributed by atoms with Crippen LogP contribution < -0.4 is 10.3 Å². The Morgan fingerprint density at radius 1 is 1.04 bits per heavy atom. The molecule has 0 aromatic heterocycles. The van der Waals surface area contributed by atoms with E-state index in [1.807, 2.05) is 37.3 Å². The van der Waals surface area contributed by atoms with Crippen LogP contribution >= 0.6 is 11.6 Å². The maximum atomic E-state index is 12.1. The molecule has 6 heteroatoms. The number of carbonyl (C=O) groups excluding carboxylic acids is 1. The van der Waals surface area contributed by atoms with Gasteiger partial charge < -0.3 is 4.90 Å². The normalized spacial score (nSPS) is 15.6. The lowest BCUT2D eigenvalue weighted by Crippen LogP contribution is -2.47. The summed E-state index contributed by atoms with van der Waals surface area (Å²) >= 11 is 5.89. The standard InChI is InChI=1S/C21H25ClN4O/c1-17(18-7-9-19(22)10-8-18)23-24-21(27)11-12-25-13-15-26(16-14-25)20-5-3-2-4-6-20/h2-10H,11-16H2,1H3,(H,24,27)/b23-17+. The Balaban J connectivity index is 1.39. The Hall–Kier alpha value is -2.37. The van der Waals surface area contributed by atoms with Crippen molar-refractivity contribution in [3.05, 3.63) is 65.2 Å². The molecule has 1 amide bonds. The van der Waals surface area contributed by atoms with E-state index in [1.165, 1.54) is 5.69 Å². The minimum Gasteiger partial charge on any atom is -0.369 e. The van der Waals surface area contributed by atoms with Crippen LogP contribution in [0.4, 0.5) is 5.69 Å². The highest BCUT2D eigenvalue weighted by molar-refractivity contribution is 6.30. The number of halogens is 1. The number of anilines is 1. The number of benzene rings is 2. The number of piperazine rings is 1. The molecule has 3 rings (SSSR count). The predicted octanol–water partition coefficient (Wildman–Crippen LogP) is 3.39. The molecule has 2 aromatic rings. The molecule has 0 saturated carbocycles. The Morgan fingerprint density at radius 3 is 2.37 bits per heavy atom. The van der Waals surface area contributed by atoms with Gasteiger partial charge in [0.15, 0.2) is 0 Å². The Bertz CT molecular complexity index is 769. The van der Waals surface area contributed by atoms with Gasteiger partial charge in [0.25, 0.3) is 0 Å². The highest BCUT2D eigenvalue weighted by atomic mass is 35.5. The number of hydrogen-bond acceptors (Lipinski definition) is 4. The van der Waals surface area contributed by atoms with Gasteiger partial charge in [-0.15, -0.1) is 0 Å². The molecule has 0 atom stereocenters. The second-order valence-electron chi connectivity index (χ2n) is 6.65. The Kier molecular flexibility index (Phi) is 6.85. The van der Waals surface area contributed by atoms with Crippen molar-refractivity contribution in [2.24, 2.45) is 5.10 Å². The second-order valence-corrected chi connectivity index (χ2v) is 7.09. The summed E-state index contributed by atoms with van der Waals surface area (Å²) in [5, 5.41) is 4.87. The molecule has 2 aromatic carbocycles. The average Bonchev–Trinajstić information content (AvgIpc) is 2.72. The van der Waals surface area contributed by atoms with Crippen LogP contribution in [0.2, 0.25) is 5.02 Å². The Labute approximate surface area is 165 Å². The van der Waals surface area contributed by atoms with E-state index in [1.54, 1.807) is 0 Å². The fraction of sp³-hybridized carbons (Fsp3) is 0.333. The molecule has 0 bridgehead atoms. The largest absolute Gasteiger partial charge is 0.369 e. The molecule has 5 nitrogen and oxygen atoms in total. The lowest BCUT2D eigenvalue weighted by atomic mass is 10.1. The molecule has 1 fully saturated rings. The van der Waals surface area contributed by atoms with E-state index in [4.69, 9.17) is 11.6 Å². The maximum Gasteiger partial charge on any atom is 0.241 e. The summed E-state index contributed by atoms with van der Waals surface area (Å²) in [5.74, 6) is -0.0613. The molecule has 0 unspecified atom stereocenters. The zero-order valence-corrected chi connectivity index (χ0v) is 16.3. The van der Waals surface area contributed by atoms with E-state index in [-0.39, 0.29) is 5.91 Å². The highest BCUT2D eigenvalue weighted by Gasteiger charge is 2.17. The van der Waals surface area contributed by atoms with Crippen LogP contribution in [-0.4, -0.2) is 49.2 Å². The number of rotatable bonds is 6. The minimum atomic E-state index is -0.0613. The molecule has 1 saturated heterocycles. The molecule has 27 heavy (non-hydrogen) atoms. The van der Waals surface area contributed by atoms with Crippen molar-refractivity contribution >= 4 is 28.9 Å². The first kappa shape index (κ1) is 19.4. The van der Waals surface area contributed by atoms with Crippen molar-refractivity contribution in [2.75, 3.05) is 37.6 Å². The van der Waals surface area contributed by atoms with Gasteiger partial charge in [0.2, 0.25) is 5.91 Å². The lowest BCUT2D eigenvalue weighted by Gasteiger charge is -2.36. The van der Waals surface area contributed by atoms with Crippen molar-refractivity contribution in [2.45, 2.75) is 13.3 Å². The Morgan fingerprint density at radius 2 is 1.70 bits per heavy atom. The molecule has 142 valence electrons. The summed E-state index contributed by atoms with van der Waals surface area (Å²) in [4.78, 5) is 16.8. The average molecular weight is 385 g/mol. The van der Waals surface area contributed by atoms with Crippen LogP contribution in [0.25, 0.3) is 0 Å². The fourth-order valence-corrected chi connectivity index (χ4v) is 3.21. The summed E-state index contributed by atoms with van der Waals surface area (Å²) in [6.07, 6.45) is 0.447. The fourth-order valence-electron chi connectivity index (χ4n) is 3.09. The van der Waals surface area contributed by atoms with E-state index < -0.39 is 0 Å². The van der Waals surface area contributed by atoms with E-state index in [9.17, 15) is 4.79 Å². The van der Waals surface area contributed by atoms with E-state index in [0.29, 0.717) is 11.4 Å². The van der Waals surface area contributed by atoms with Crippen molar-refractivity contribution in [3.63, 3.8) is 0 Å². The van der Waals surface area contributed by atoms with Crippen LogP contribution in [0.3, 0.4) is 0 Å². The molecule has 1 aliphatic rings. The number of nitrogens with one attached hydrogen (secondary N) is 1. The number of hydrazone groups is 1. The van der Waals surface area contributed by atoms with Crippen molar-refractivity contribution in [1.82, 2.24) is 10.3 Å². The number of amides is 1. The van der Waals surface area contributed by atoms with Gasteiger partial charge in [0.1, 0.15) is 0 Å². The van der Waals surface area contributed by atoms with Crippen molar-refractivity contribution in [1.29, 1.82) is 0 Å². The first-order valence-corrected chi connectivity index (χ1v) is 9.61. The van der Waals surface area contributed by atoms with Crippen molar-refractivity contribution < 1.29 is 4.79 Å². The van der Waals surface area contributed by atoms with E-state index in [0.717, 1.165) is 44.0 Å². The van der Waals surface area contributed by atoms with Crippen molar-refractivity contribution in [3.8, 4) is 0 Å². The smallest absolute Gasteiger partial charge is 0.241 e. The van der Waals surface area contributed by atoms with E-state index in [2.05, 4.69) is 44.6 Å². The summed E-state index contributed by atoms with van der Waals surface area (Å²) in [6, 6.07) is 17.9. The highest BCUT2D eigenvalue weighted by Crippen LogP contribution is 2.15. The van der Waals surface area contributed by atoms with Crippen LogP contribution in [0, 0.1) is 0 Å². The maximum absolute atomic E-state index is 12.1. The molecule has 1 aliphatic heterocycles. The van der Waals surface area contributed by atoms with Crippen LogP contribution in [0.1, 0.15) is 18.9 Å². The van der Waals surface area contributed by atoms with Gasteiger partial charge in [-0.1, -0.05) is 41.9 Å². The first-order chi connectivity index (χ1) is 13.1. The van der Waals surface area contributed by atoms with Crippen LogP contribution in [-0.2, 0) is 4.79 Å². The third-order valence-corrected chi connectivity index (χ3v) is 5.01. The number of hydrogen-bond donors (Lipinski definition) is 1. The summed E-state index contributed by atoms with van der Waals surface area (Å²) in [7, 11) is 0. The van der Waals surface area contributed by atoms with Crippen LogP contribution in [0.15, 0.2) is 59.7 Å². The monoisotopic (exact) mass is 384 g/mol. The second kappa shape index (κ2) is 9.53. The molecule has 1 heterocycles. The van der Waals surface area contributed by atoms with E-state index >= 15 is 0 Å². The predicted molar refractivity (Wildman–Crippen MR) is 112 cm³/mol. The van der Waals surface area contributed by atoms with Gasteiger partial charge in [0, 0.05) is 49.9 Å².